The van der Waals surface area contributed by atoms with Crippen LogP contribution in [0.2, 0.25) is 0 Å². The molecule has 0 aliphatic rings. The van der Waals surface area contributed by atoms with Crippen LogP contribution in [0.4, 0.5) is 0 Å². The number of carboxylic acids is 1. The molecule has 0 aliphatic carbocycles. The number of nitrogens with one attached hydrogen (secondary N) is 2. The number of rotatable bonds is 6. The van der Waals surface area contributed by atoms with Gasteiger partial charge in [-0.1, -0.05) is 41.5 Å². The van der Waals surface area contributed by atoms with Crippen molar-refractivity contribution in [2.24, 2.45) is 16.6 Å². The molecule has 0 saturated carbocycles. The highest BCUT2D eigenvalue weighted by molar-refractivity contribution is 5.91. The Morgan fingerprint density at radius 1 is 0.958 bits per heavy atom. The highest BCUT2D eigenvalue weighted by Gasteiger charge is 2.48. The molecule has 0 spiro atoms. The van der Waals surface area contributed by atoms with Crippen molar-refractivity contribution in [1.82, 2.24) is 10.6 Å². The molecular weight excluding hydrogens is 310 g/mol. The Hall–Kier alpha value is -1.63. The summed E-state index contributed by atoms with van der Waals surface area (Å²) in [6, 6.07) is -2.00. The Labute approximate surface area is 144 Å². The van der Waals surface area contributed by atoms with Gasteiger partial charge in [0.15, 0.2) is 0 Å². The van der Waals surface area contributed by atoms with E-state index in [0.29, 0.717) is 0 Å². The number of aliphatic carboxylic acids is 1. The van der Waals surface area contributed by atoms with E-state index >= 15 is 0 Å². The van der Waals surface area contributed by atoms with E-state index in [2.05, 4.69) is 10.6 Å². The predicted molar refractivity (Wildman–Crippen MR) is 93.3 cm³/mol. The summed E-state index contributed by atoms with van der Waals surface area (Å²) in [5.74, 6) is -2.16. The molecule has 0 bridgehead atoms. The first-order valence-electron chi connectivity index (χ1n) is 8.12. The first kappa shape index (κ1) is 22.4. The third kappa shape index (κ3) is 5.47. The number of hydrogen-bond donors (Lipinski definition) is 4. The van der Waals surface area contributed by atoms with Crippen LogP contribution in [-0.4, -0.2) is 40.5 Å². The van der Waals surface area contributed by atoms with Gasteiger partial charge in [0.25, 0.3) is 0 Å². The molecule has 0 saturated heterocycles. The van der Waals surface area contributed by atoms with Crippen LogP contribution in [0, 0.1) is 10.8 Å². The maximum Gasteiger partial charge on any atom is 0.305 e. The van der Waals surface area contributed by atoms with Crippen LogP contribution in [0.3, 0.4) is 0 Å². The van der Waals surface area contributed by atoms with Gasteiger partial charge in [-0.25, -0.2) is 0 Å². The largest absolute Gasteiger partial charge is 0.481 e. The van der Waals surface area contributed by atoms with Crippen LogP contribution in [-0.2, 0) is 14.4 Å². The maximum atomic E-state index is 12.5. The van der Waals surface area contributed by atoms with Crippen molar-refractivity contribution in [2.75, 3.05) is 0 Å². The Kier molecular flexibility index (Phi) is 7.00. The second-order valence-corrected chi connectivity index (χ2v) is 8.55. The van der Waals surface area contributed by atoms with E-state index in [1.54, 1.807) is 6.92 Å². The van der Waals surface area contributed by atoms with Crippen molar-refractivity contribution < 1.29 is 19.5 Å². The lowest BCUT2D eigenvalue weighted by Gasteiger charge is -2.52. The van der Waals surface area contributed by atoms with Gasteiger partial charge in [-0.3, -0.25) is 14.4 Å². The molecular formula is C17H33N3O4. The van der Waals surface area contributed by atoms with Gasteiger partial charge in [-0.05, 0) is 24.7 Å². The Morgan fingerprint density at radius 3 is 1.71 bits per heavy atom. The number of amides is 2. The number of carboxylic acid groups (broad SMARTS) is 1. The molecule has 140 valence electrons. The van der Waals surface area contributed by atoms with E-state index in [-0.39, 0.29) is 16.7 Å². The van der Waals surface area contributed by atoms with E-state index in [0.717, 1.165) is 0 Å². The lowest BCUT2D eigenvalue weighted by atomic mass is 9.61. The van der Waals surface area contributed by atoms with Gasteiger partial charge in [-0.2, -0.15) is 0 Å². The minimum Gasteiger partial charge on any atom is -0.481 e. The topological polar surface area (TPSA) is 122 Å². The fourth-order valence-corrected chi connectivity index (χ4v) is 2.52. The van der Waals surface area contributed by atoms with E-state index in [1.165, 1.54) is 0 Å². The first-order valence-corrected chi connectivity index (χ1v) is 8.12. The van der Waals surface area contributed by atoms with Crippen LogP contribution in [0.15, 0.2) is 0 Å². The van der Waals surface area contributed by atoms with Crippen LogP contribution in [0.25, 0.3) is 0 Å². The molecule has 2 unspecified atom stereocenters. The molecule has 2 atom stereocenters. The van der Waals surface area contributed by atoms with Gasteiger partial charge in [0.05, 0.1) is 12.5 Å². The van der Waals surface area contributed by atoms with Gasteiger partial charge in [0.1, 0.15) is 6.04 Å². The Morgan fingerprint density at radius 2 is 1.38 bits per heavy atom. The van der Waals surface area contributed by atoms with E-state index in [1.807, 2.05) is 48.5 Å². The number of nitrogens with two attached hydrogens (primary N) is 1. The summed E-state index contributed by atoms with van der Waals surface area (Å²) >= 11 is 0. The number of hydrogen-bond acceptors (Lipinski definition) is 4. The second-order valence-electron chi connectivity index (χ2n) is 8.55. The zero-order chi connectivity index (χ0) is 19.5. The van der Waals surface area contributed by atoms with Crippen LogP contribution in [0.5, 0.6) is 0 Å². The minimum atomic E-state index is -1.19. The molecule has 7 nitrogen and oxygen atoms in total. The minimum absolute atomic E-state index is 0.218. The molecule has 0 fully saturated rings. The zero-order valence-electron chi connectivity index (χ0n) is 16.1. The lowest BCUT2D eigenvalue weighted by molar-refractivity contribution is -0.139. The summed E-state index contributed by atoms with van der Waals surface area (Å²) in [6.07, 6.45) is -0.484. The lowest BCUT2D eigenvalue weighted by Crippen LogP contribution is -2.65. The van der Waals surface area contributed by atoms with Crippen molar-refractivity contribution in [3.8, 4) is 0 Å². The molecule has 0 radical (unpaired) electrons. The van der Waals surface area contributed by atoms with E-state index < -0.39 is 35.9 Å². The molecule has 0 heterocycles. The molecule has 0 aliphatic heterocycles. The summed E-state index contributed by atoms with van der Waals surface area (Å²) in [5, 5.41) is 14.2. The van der Waals surface area contributed by atoms with Gasteiger partial charge in [0.2, 0.25) is 11.8 Å². The Bertz CT molecular complexity index is 475. The molecule has 0 aromatic rings. The van der Waals surface area contributed by atoms with Crippen molar-refractivity contribution in [2.45, 2.75) is 79.4 Å². The van der Waals surface area contributed by atoms with Crippen LogP contribution in [0.1, 0.15) is 61.8 Å². The summed E-state index contributed by atoms with van der Waals surface area (Å²) < 4.78 is 0. The smallest absolute Gasteiger partial charge is 0.305 e. The fraction of sp³-hybridized carbons (Fsp3) is 0.824. The van der Waals surface area contributed by atoms with Crippen LogP contribution < -0.4 is 16.4 Å². The molecule has 7 heteroatoms. The van der Waals surface area contributed by atoms with Crippen LogP contribution >= 0.6 is 0 Å². The number of carbonyl (C=O) groups excluding carboxylic acids is 2. The fourth-order valence-electron chi connectivity index (χ4n) is 2.52. The predicted octanol–water partition coefficient (Wildman–Crippen LogP) is 1.26. The van der Waals surface area contributed by atoms with E-state index in [9.17, 15) is 14.4 Å². The molecule has 0 aromatic carbocycles. The Balaban J connectivity index is 5.09. The quantitative estimate of drug-likeness (QED) is 0.578. The maximum absolute atomic E-state index is 12.5. The summed E-state index contributed by atoms with van der Waals surface area (Å²) in [5.41, 5.74) is 4.54. The monoisotopic (exact) mass is 343 g/mol. The first-order chi connectivity index (χ1) is 10.5. The van der Waals surface area contributed by atoms with Gasteiger partial charge < -0.3 is 21.5 Å². The third-order valence-electron chi connectivity index (χ3n) is 4.86. The molecule has 0 aromatic heterocycles. The SMILES string of the molecule is CC(NC(=O)C(N)CC(=O)O)C(=O)NC(C)(C(C)(C)C)C(C)(C)C. The van der Waals surface area contributed by atoms with Crippen molar-refractivity contribution in [1.29, 1.82) is 0 Å². The molecule has 0 rings (SSSR count). The number of carbonyl (C=O) groups is 3. The van der Waals surface area contributed by atoms with Crippen molar-refractivity contribution >= 4 is 17.8 Å². The van der Waals surface area contributed by atoms with Gasteiger partial charge >= 0.3 is 5.97 Å². The highest BCUT2D eigenvalue weighted by atomic mass is 16.4. The zero-order valence-corrected chi connectivity index (χ0v) is 16.1. The van der Waals surface area contributed by atoms with E-state index in [4.69, 9.17) is 10.8 Å². The van der Waals surface area contributed by atoms with Crippen molar-refractivity contribution in [3.05, 3.63) is 0 Å². The highest BCUT2D eigenvalue weighted by Crippen LogP contribution is 2.43. The molecule has 5 N–H and O–H groups in total. The molecule has 2 amide bonds. The second kappa shape index (κ2) is 7.51. The van der Waals surface area contributed by atoms with Gasteiger partial charge in [0, 0.05) is 5.54 Å². The summed E-state index contributed by atoms with van der Waals surface area (Å²) in [4.78, 5) is 35.0. The van der Waals surface area contributed by atoms with Gasteiger partial charge in [-0.15, -0.1) is 0 Å². The normalized spacial score (nSPS) is 15.4. The van der Waals surface area contributed by atoms with Crippen molar-refractivity contribution in [3.63, 3.8) is 0 Å². The molecule has 24 heavy (non-hydrogen) atoms. The third-order valence-corrected chi connectivity index (χ3v) is 4.86. The summed E-state index contributed by atoms with van der Waals surface area (Å²) in [6.45, 7) is 15.8. The average Bonchev–Trinajstić information content (AvgIpc) is 2.34. The standard InChI is InChI=1S/C17H33N3O4/c1-10(19-14(24)11(18)9-12(21)22)13(23)20-17(8,15(2,3)4)16(5,6)7/h10-11H,9,18H2,1-8H3,(H,19,24)(H,20,23)(H,21,22). The average molecular weight is 343 g/mol. The summed E-state index contributed by atoms with van der Waals surface area (Å²) in [7, 11) is 0.